The summed E-state index contributed by atoms with van der Waals surface area (Å²) in [6.45, 7) is 6.15. The van der Waals surface area contributed by atoms with Gasteiger partial charge < -0.3 is 28.8 Å². The van der Waals surface area contributed by atoms with Crippen molar-refractivity contribution >= 4 is 5.97 Å². The molecule has 0 amide bonds. The van der Waals surface area contributed by atoms with Gasteiger partial charge in [0.15, 0.2) is 0 Å². The van der Waals surface area contributed by atoms with Crippen LogP contribution in [-0.2, 0) is 30.8 Å². The van der Waals surface area contributed by atoms with Crippen molar-refractivity contribution in [2.75, 3.05) is 13.2 Å². The van der Waals surface area contributed by atoms with Gasteiger partial charge in [0.1, 0.15) is 23.6 Å². The molecule has 3 heterocycles. The van der Waals surface area contributed by atoms with E-state index in [4.69, 9.17) is 18.6 Å². The lowest BCUT2D eigenvalue weighted by Gasteiger charge is -2.67. The fourth-order valence-corrected chi connectivity index (χ4v) is 7.95. The molecule has 0 radical (unpaired) electrons. The van der Waals surface area contributed by atoms with Crippen LogP contribution in [0.5, 0.6) is 0 Å². The van der Waals surface area contributed by atoms with E-state index < -0.39 is 34.4 Å². The highest BCUT2D eigenvalue weighted by Gasteiger charge is 2.88. The summed E-state index contributed by atoms with van der Waals surface area (Å²) in [4.78, 5) is 11.8. The quantitative estimate of drug-likeness (QED) is 0.542. The first-order valence-corrected chi connectivity index (χ1v) is 10.6. The van der Waals surface area contributed by atoms with Crippen molar-refractivity contribution in [3.63, 3.8) is 0 Å². The Kier molecular flexibility index (Phi) is 3.21. The van der Waals surface area contributed by atoms with E-state index >= 15 is 0 Å². The predicted octanol–water partition coefficient (Wildman–Crippen LogP) is 1.68. The normalized spacial score (nSPS) is 54.4. The van der Waals surface area contributed by atoms with Crippen molar-refractivity contribution in [1.29, 1.82) is 0 Å². The maximum Gasteiger partial charge on any atom is 0.303 e. The van der Waals surface area contributed by atoms with Gasteiger partial charge in [0.2, 0.25) is 5.79 Å². The molecule has 7 nitrogen and oxygen atoms in total. The summed E-state index contributed by atoms with van der Waals surface area (Å²) in [6, 6.07) is 1.95. The smallest absolute Gasteiger partial charge is 0.303 e. The second kappa shape index (κ2) is 5.07. The van der Waals surface area contributed by atoms with E-state index in [-0.39, 0.29) is 23.9 Å². The van der Waals surface area contributed by atoms with Crippen molar-refractivity contribution in [3.8, 4) is 0 Å². The molecule has 6 rings (SSSR count). The van der Waals surface area contributed by atoms with Crippen LogP contribution in [0.2, 0.25) is 0 Å². The van der Waals surface area contributed by atoms with Gasteiger partial charge in [-0.3, -0.25) is 4.79 Å². The van der Waals surface area contributed by atoms with Gasteiger partial charge in [0, 0.05) is 6.92 Å². The van der Waals surface area contributed by atoms with Crippen molar-refractivity contribution in [3.05, 3.63) is 23.7 Å². The predicted molar refractivity (Wildman–Crippen MR) is 98.8 cm³/mol. The first-order valence-electron chi connectivity index (χ1n) is 10.6. The molecule has 2 saturated heterocycles. The fraction of sp³-hybridized carbons (Fsp3) is 0.773. The number of esters is 1. The number of carbonyl (C=O) groups excluding carboxylic acids is 1. The SMILES string of the molecule is CC(=O)O[C@@H]1CC[C@H]2[C@]3(CO[C@](O)([C@H]3O)[C@]3(C)c4occc4CC[C@]23C)[C@@]12CO2. The van der Waals surface area contributed by atoms with Crippen molar-refractivity contribution in [2.24, 2.45) is 16.7 Å². The zero-order valence-electron chi connectivity index (χ0n) is 17.1. The molecule has 158 valence electrons. The molecule has 0 unspecified atom stereocenters. The van der Waals surface area contributed by atoms with E-state index in [1.807, 2.05) is 13.0 Å². The number of aliphatic hydroxyl groups excluding tert-OH is 1. The molecule has 29 heavy (non-hydrogen) atoms. The van der Waals surface area contributed by atoms with E-state index in [2.05, 4.69) is 6.92 Å². The van der Waals surface area contributed by atoms with Gasteiger partial charge in [-0.15, -0.1) is 0 Å². The number of ether oxygens (including phenoxy) is 3. The highest BCUT2D eigenvalue weighted by molar-refractivity contribution is 5.66. The molecule has 3 aliphatic carbocycles. The molecule has 2 N–H and O–H groups in total. The number of rotatable bonds is 1. The summed E-state index contributed by atoms with van der Waals surface area (Å²) >= 11 is 0. The molecule has 1 aromatic rings. The number of furan rings is 1. The molecule has 2 bridgehead atoms. The third-order valence-corrected chi connectivity index (χ3v) is 9.54. The summed E-state index contributed by atoms with van der Waals surface area (Å²) in [7, 11) is 0. The Hall–Kier alpha value is -1.41. The molecule has 8 atom stereocenters. The number of hydrogen-bond acceptors (Lipinski definition) is 7. The van der Waals surface area contributed by atoms with E-state index in [9.17, 15) is 15.0 Å². The summed E-state index contributed by atoms with van der Waals surface area (Å²) in [5, 5.41) is 23.7. The lowest BCUT2D eigenvalue weighted by atomic mass is 9.36. The highest BCUT2D eigenvalue weighted by Crippen LogP contribution is 2.77. The van der Waals surface area contributed by atoms with Gasteiger partial charge in [-0.1, -0.05) is 6.92 Å². The summed E-state index contributed by atoms with van der Waals surface area (Å²) in [5.74, 6) is -1.41. The van der Waals surface area contributed by atoms with Gasteiger partial charge in [0.05, 0.1) is 30.3 Å². The van der Waals surface area contributed by atoms with Gasteiger partial charge in [-0.2, -0.15) is 0 Å². The summed E-state index contributed by atoms with van der Waals surface area (Å²) in [5.41, 5.74) is -1.83. The average Bonchev–Trinajstić information content (AvgIpc) is 3.25. The van der Waals surface area contributed by atoms with Crippen LogP contribution >= 0.6 is 0 Å². The van der Waals surface area contributed by atoms with Crippen molar-refractivity contribution in [1.82, 2.24) is 0 Å². The number of aliphatic hydroxyl groups is 2. The van der Waals surface area contributed by atoms with Crippen LogP contribution < -0.4 is 0 Å². The Morgan fingerprint density at radius 3 is 2.69 bits per heavy atom. The molecular weight excluding hydrogens is 376 g/mol. The third kappa shape index (κ3) is 1.65. The number of carbonyl (C=O) groups is 1. The Morgan fingerprint density at radius 1 is 1.24 bits per heavy atom. The minimum Gasteiger partial charge on any atom is -0.468 e. The van der Waals surface area contributed by atoms with Gasteiger partial charge in [-0.05, 0) is 55.6 Å². The average molecular weight is 404 g/mol. The molecule has 5 aliphatic rings. The van der Waals surface area contributed by atoms with E-state index in [1.54, 1.807) is 6.26 Å². The number of epoxide rings is 1. The summed E-state index contributed by atoms with van der Waals surface area (Å²) < 4.78 is 23.7. The van der Waals surface area contributed by atoms with Crippen molar-refractivity contribution < 1.29 is 33.6 Å². The zero-order valence-corrected chi connectivity index (χ0v) is 17.1. The van der Waals surface area contributed by atoms with Crippen LogP contribution in [0.15, 0.2) is 16.7 Å². The minimum absolute atomic E-state index is 0.0327. The topological polar surface area (TPSA) is 102 Å². The molecule has 4 fully saturated rings. The largest absolute Gasteiger partial charge is 0.468 e. The van der Waals surface area contributed by atoms with Crippen LogP contribution in [0, 0.1) is 16.7 Å². The molecule has 7 heteroatoms. The molecular formula is C22H28O7. The van der Waals surface area contributed by atoms with Gasteiger partial charge in [-0.25, -0.2) is 0 Å². The first kappa shape index (κ1) is 18.4. The van der Waals surface area contributed by atoms with E-state index in [0.29, 0.717) is 13.0 Å². The standard InChI is InChI=1S/C22H28O7/c1-12(23)29-15-5-4-14-18(2)8-6-13-7-9-26-16(13)19(18,3)22(25)17(24)20(14,10-28-22)21(15)11-27-21/h7,9,14-15,17,24-25H,4-6,8,10-11H2,1-3H3/t14-,15-,17+,18-,19-,20+,21-,22-/m1/s1. The minimum atomic E-state index is -1.80. The van der Waals surface area contributed by atoms with Crippen LogP contribution in [0.1, 0.15) is 51.4 Å². The molecule has 0 aromatic carbocycles. The Labute approximate surface area is 169 Å². The molecule has 2 spiro atoms. The third-order valence-electron chi connectivity index (χ3n) is 9.54. The molecule has 2 aliphatic heterocycles. The fourth-order valence-electron chi connectivity index (χ4n) is 7.95. The van der Waals surface area contributed by atoms with Gasteiger partial charge >= 0.3 is 5.97 Å². The van der Waals surface area contributed by atoms with Gasteiger partial charge in [0.25, 0.3) is 0 Å². The van der Waals surface area contributed by atoms with Crippen LogP contribution in [0.25, 0.3) is 0 Å². The second-order valence-electron chi connectivity index (χ2n) is 10.2. The highest BCUT2D eigenvalue weighted by atomic mass is 16.7. The lowest BCUT2D eigenvalue weighted by Crippen LogP contribution is -2.78. The number of fused-ring (bicyclic) bond motifs is 6. The summed E-state index contributed by atoms with van der Waals surface area (Å²) in [6.07, 6.45) is 3.21. The molecule has 1 aromatic heterocycles. The first-order chi connectivity index (χ1) is 13.7. The zero-order chi connectivity index (χ0) is 20.4. The maximum atomic E-state index is 11.9. The Morgan fingerprint density at radius 2 is 2.00 bits per heavy atom. The maximum absolute atomic E-state index is 11.9. The Bertz CT molecular complexity index is 905. The van der Waals surface area contributed by atoms with Crippen LogP contribution in [0.4, 0.5) is 0 Å². The Balaban J connectivity index is 1.57. The van der Waals surface area contributed by atoms with E-state index in [0.717, 1.165) is 30.6 Å². The second-order valence-corrected chi connectivity index (χ2v) is 10.2. The molecule has 2 saturated carbocycles. The number of aryl methyl sites for hydroxylation is 1. The monoisotopic (exact) mass is 404 g/mol. The van der Waals surface area contributed by atoms with Crippen LogP contribution in [-0.4, -0.2) is 53.0 Å². The van der Waals surface area contributed by atoms with E-state index in [1.165, 1.54) is 6.92 Å². The van der Waals surface area contributed by atoms with Crippen molar-refractivity contribution in [2.45, 2.75) is 75.5 Å². The number of hydrogen-bond donors (Lipinski definition) is 2. The lowest BCUT2D eigenvalue weighted by molar-refractivity contribution is -0.325. The van der Waals surface area contributed by atoms with Crippen LogP contribution in [0.3, 0.4) is 0 Å².